The number of nitrogens with zero attached hydrogens (tertiary/aromatic N) is 1. The predicted molar refractivity (Wildman–Crippen MR) is 76.3 cm³/mol. The first-order valence-corrected chi connectivity index (χ1v) is 7.06. The van der Waals surface area contributed by atoms with Crippen molar-refractivity contribution in [2.75, 3.05) is 19.6 Å². The summed E-state index contributed by atoms with van der Waals surface area (Å²) in [7, 11) is 0. The topological polar surface area (TPSA) is 15.3 Å². The van der Waals surface area contributed by atoms with Gasteiger partial charge in [-0.3, -0.25) is 4.90 Å². The first-order valence-electron chi connectivity index (χ1n) is 7.06. The maximum Gasteiger partial charge on any atom is 0.0197 e. The molecule has 2 heteroatoms. The van der Waals surface area contributed by atoms with Crippen LogP contribution in [0.15, 0.2) is 12.7 Å². The van der Waals surface area contributed by atoms with E-state index in [0.29, 0.717) is 6.04 Å². The Hall–Kier alpha value is -0.340. The molecule has 1 saturated heterocycles. The minimum atomic E-state index is 0.231. The van der Waals surface area contributed by atoms with Crippen LogP contribution in [0.5, 0.6) is 0 Å². The molecule has 1 N–H and O–H groups in total. The fourth-order valence-electron chi connectivity index (χ4n) is 2.65. The molecule has 0 aromatic rings. The molecule has 100 valence electrons. The summed E-state index contributed by atoms with van der Waals surface area (Å²) >= 11 is 0. The highest BCUT2D eigenvalue weighted by Gasteiger charge is 2.26. The van der Waals surface area contributed by atoms with E-state index in [1.165, 1.54) is 25.8 Å². The normalized spacial score (nSPS) is 26.2. The third-order valence-corrected chi connectivity index (χ3v) is 3.92. The van der Waals surface area contributed by atoms with Gasteiger partial charge in [0.15, 0.2) is 0 Å². The second-order valence-corrected chi connectivity index (χ2v) is 6.31. The summed E-state index contributed by atoms with van der Waals surface area (Å²) in [5.74, 6) is 0.923. The summed E-state index contributed by atoms with van der Waals surface area (Å²) in [6.07, 6.45) is 6.03. The summed E-state index contributed by atoms with van der Waals surface area (Å²) in [5.41, 5.74) is 0.231. The smallest absolute Gasteiger partial charge is 0.0197 e. The van der Waals surface area contributed by atoms with Crippen molar-refractivity contribution in [3.8, 4) is 0 Å². The van der Waals surface area contributed by atoms with Crippen LogP contribution in [0.25, 0.3) is 0 Å². The molecular weight excluding hydrogens is 208 g/mol. The molecule has 0 bridgehead atoms. The summed E-state index contributed by atoms with van der Waals surface area (Å²) in [6.45, 7) is 16.4. The van der Waals surface area contributed by atoms with Crippen molar-refractivity contribution >= 4 is 0 Å². The van der Waals surface area contributed by atoms with Gasteiger partial charge in [-0.15, -0.1) is 6.58 Å². The molecule has 1 heterocycles. The van der Waals surface area contributed by atoms with Crippen LogP contribution in [0.1, 0.15) is 47.0 Å². The molecule has 0 saturated carbocycles. The summed E-state index contributed by atoms with van der Waals surface area (Å²) < 4.78 is 0. The Balaban J connectivity index is 2.51. The van der Waals surface area contributed by atoms with E-state index in [0.717, 1.165) is 19.0 Å². The van der Waals surface area contributed by atoms with E-state index >= 15 is 0 Å². The zero-order chi connectivity index (χ0) is 12.9. The molecular formula is C15H30N2. The number of nitrogens with one attached hydrogen (secondary N) is 1. The summed E-state index contributed by atoms with van der Waals surface area (Å²) in [4.78, 5) is 2.52. The van der Waals surface area contributed by atoms with Crippen LogP contribution in [0.2, 0.25) is 0 Å². The first kappa shape index (κ1) is 14.7. The number of piperidine rings is 1. The van der Waals surface area contributed by atoms with Crippen LogP contribution < -0.4 is 5.32 Å². The first-order chi connectivity index (χ1) is 7.97. The van der Waals surface area contributed by atoms with E-state index in [4.69, 9.17) is 0 Å². The third kappa shape index (κ3) is 4.81. The van der Waals surface area contributed by atoms with E-state index in [2.05, 4.69) is 44.5 Å². The molecule has 2 atom stereocenters. The maximum absolute atomic E-state index is 3.88. The van der Waals surface area contributed by atoms with Gasteiger partial charge in [0.05, 0.1) is 0 Å². The molecule has 0 aromatic heterocycles. The molecule has 1 aliphatic heterocycles. The second kappa shape index (κ2) is 6.55. The molecule has 0 amide bonds. The van der Waals surface area contributed by atoms with Gasteiger partial charge in [-0.1, -0.05) is 19.4 Å². The number of hydrogen-bond acceptors (Lipinski definition) is 2. The monoisotopic (exact) mass is 238 g/mol. The van der Waals surface area contributed by atoms with Crippen molar-refractivity contribution in [3.63, 3.8) is 0 Å². The summed E-state index contributed by atoms with van der Waals surface area (Å²) in [5, 5.41) is 3.67. The quantitative estimate of drug-likeness (QED) is 0.741. The standard InChI is InChI=1S/C15H30N2/c1-6-10-17(15(3,4)5)12-14-11-13(7-2)8-9-16-14/h6,13-14,16H,1,7-12H2,2-5H3. The van der Waals surface area contributed by atoms with Crippen molar-refractivity contribution in [2.45, 2.75) is 58.5 Å². The zero-order valence-electron chi connectivity index (χ0n) is 12.1. The van der Waals surface area contributed by atoms with Gasteiger partial charge in [-0.2, -0.15) is 0 Å². The lowest BCUT2D eigenvalue weighted by Crippen LogP contribution is -2.51. The van der Waals surface area contributed by atoms with Crippen molar-refractivity contribution in [3.05, 3.63) is 12.7 Å². The fourth-order valence-corrected chi connectivity index (χ4v) is 2.65. The lowest BCUT2D eigenvalue weighted by molar-refractivity contribution is 0.121. The zero-order valence-corrected chi connectivity index (χ0v) is 12.1. The van der Waals surface area contributed by atoms with Crippen LogP contribution in [-0.4, -0.2) is 36.1 Å². The van der Waals surface area contributed by atoms with E-state index in [9.17, 15) is 0 Å². The minimum Gasteiger partial charge on any atom is -0.313 e. The SMILES string of the molecule is C=CCN(CC1CC(CC)CCN1)C(C)(C)C. The van der Waals surface area contributed by atoms with E-state index in [1.807, 2.05) is 6.08 Å². The molecule has 0 radical (unpaired) electrons. The molecule has 1 aliphatic rings. The third-order valence-electron chi connectivity index (χ3n) is 3.92. The van der Waals surface area contributed by atoms with Crippen molar-refractivity contribution in [2.24, 2.45) is 5.92 Å². The van der Waals surface area contributed by atoms with Gasteiger partial charge >= 0.3 is 0 Å². The second-order valence-electron chi connectivity index (χ2n) is 6.31. The maximum atomic E-state index is 3.88. The van der Waals surface area contributed by atoms with E-state index in [-0.39, 0.29) is 5.54 Å². The van der Waals surface area contributed by atoms with Crippen LogP contribution in [-0.2, 0) is 0 Å². The molecule has 17 heavy (non-hydrogen) atoms. The number of hydrogen-bond donors (Lipinski definition) is 1. The minimum absolute atomic E-state index is 0.231. The lowest BCUT2D eigenvalue weighted by atomic mass is 9.89. The Bertz CT molecular complexity index is 230. The molecule has 0 aliphatic carbocycles. The van der Waals surface area contributed by atoms with Gasteiger partial charge in [-0.05, 0) is 46.1 Å². The average molecular weight is 238 g/mol. The van der Waals surface area contributed by atoms with Crippen LogP contribution >= 0.6 is 0 Å². The summed E-state index contributed by atoms with van der Waals surface area (Å²) in [6, 6.07) is 0.660. The van der Waals surface area contributed by atoms with Gasteiger partial charge in [0.2, 0.25) is 0 Å². The number of rotatable bonds is 5. The van der Waals surface area contributed by atoms with Gasteiger partial charge in [0.25, 0.3) is 0 Å². The molecule has 0 spiro atoms. The van der Waals surface area contributed by atoms with Gasteiger partial charge in [-0.25, -0.2) is 0 Å². The van der Waals surface area contributed by atoms with Crippen molar-refractivity contribution in [1.29, 1.82) is 0 Å². The highest BCUT2D eigenvalue weighted by molar-refractivity contribution is 4.88. The van der Waals surface area contributed by atoms with Gasteiger partial charge in [0.1, 0.15) is 0 Å². The largest absolute Gasteiger partial charge is 0.313 e. The lowest BCUT2D eigenvalue weighted by Gasteiger charge is -2.40. The van der Waals surface area contributed by atoms with Crippen LogP contribution in [0.4, 0.5) is 0 Å². The fraction of sp³-hybridized carbons (Fsp3) is 0.867. The molecule has 2 unspecified atom stereocenters. The highest BCUT2D eigenvalue weighted by atomic mass is 15.2. The van der Waals surface area contributed by atoms with Crippen LogP contribution in [0.3, 0.4) is 0 Å². The Morgan fingerprint density at radius 3 is 2.65 bits per heavy atom. The molecule has 1 fully saturated rings. The van der Waals surface area contributed by atoms with Crippen LogP contribution in [0, 0.1) is 5.92 Å². The Morgan fingerprint density at radius 2 is 2.12 bits per heavy atom. The highest BCUT2D eigenvalue weighted by Crippen LogP contribution is 2.22. The van der Waals surface area contributed by atoms with Crippen molar-refractivity contribution in [1.82, 2.24) is 10.2 Å². The van der Waals surface area contributed by atoms with Gasteiger partial charge in [0, 0.05) is 24.7 Å². The Morgan fingerprint density at radius 1 is 1.41 bits per heavy atom. The average Bonchev–Trinajstić information content (AvgIpc) is 2.27. The van der Waals surface area contributed by atoms with E-state index in [1.54, 1.807) is 0 Å². The molecule has 1 rings (SSSR count). The molecule has 0 aromatic carbocycles. The van der Waals surface area contributed by atoms with Crippen molar-refractivity contribution < 1.29 is 0 Å². The van der Waals surface area contributed by atoms with Gasteiger partial charge < -0.3 is 5.32 Å². The van der Waals surface area contributed by atoms with E-state index < -0.39 is 0 Å². The molecule has 2 nitrogen and oxygen atoms in total. The Kier molecular flexibility index (Phi) is 5.68. The predicted octanol–water partition coefficient (Wildman–Crippen LogP) is 3.05. The Labute approximate surface area is 107 Å².